The fourth-order valence-electron chi connectivity index (χ4n) is 2.41. The highest BCUT2D eigenvalue weighted by Gasteiger charge is 2.20. The van der Waals surface area contributed by atoms with E-state index in [-0.39, 0.29) is 6.04 Å². The van der Waals surface area contributed by atoms with E-state index in [1.807, 2.05) is 35.0 Å². The third-order valence-corrected chi connectivity index (χ3v) is 3.33. The molecule has 2 aromatic heterocycles. The van der Waals surface area contributed by atoms with Crippen molar-refractivity contribution in [1.82, 2.24) is 15.2 Å². The number of rotatable bonds is 4. The summed E-state index contributed by atoms with van der Waals surface area (Å²) in [6.07, 6.45) is 3.54. The van der Waals surface area contributed by atoms with Crippen molar-refractivity contribution >= 4 is 11.0 Å². The molecule has 19 heavy (non-hydrogen) atoms. The van der Waals surface area contributed by atoms with Gasteiger partial charge in [0, 0.05) is 23.7 Å². The maximum Gasteiger partial charge on any atom is 0.134 e. The number of hydrazine groups is 1. The Morgan fingerprint density at radius 3 is 3.00 bits per heavy atom. The Hall–Kier alpha value is -2.11. The van der Waals surface area contributed by atoms with Crippen LogP contribution in [-0.4, -0.2) is 9.78 Å². The first-order chi connectivity index (χ1) is 9.35. The van der Waals surface area contributed by atoms with Gasteiger partial charge in [-0.25, -0.2) is 5.43 Å². The minimum atomic E-state index is -0.133. The summed E-state index contributed by atoms with van der Waals surface area (Å²) in [5, 5.41) is 5.35. The number of nitrogens with one attached hydrogen (secondary N) is 1. The number of nitrogens with two attached hydrogens (primary N) is 1. The zero-order valence-electron chi connectivity index (χ0n) is 10.7. The van der Waals surface area contributed by atoms with Crippen LogP contribution in [0, 0.1) is 0 Å². The van der Waals surface area contributed by atoms with Gasteiger partial charge in [-0.2, -0.15) is 5.10 Å². The molecular formula is C14H16N4O. The monoisotopic (exact) mass is 256 g/mol. The van der Waals surface area contributed by atoms with E-state index >= 15 is 0 Å². The van der Waals surface area contributed by atoms with Crippen molar-refractivity contribution in [1.29, 1.82) is 0 Å². The maximum absolute atomic E-state index is 5.74. The molecule has 98 valence electrons. The maximum atomic E-state index is 5.74. The van der Waals surface area contributed by atoms with Gasteiger partial charge in [0.25, 0.3) is 0 Å². The second-order valence-corrected chi connectivity index (χ2v) is 4.36. The Kier molecular flexibility index (Phi) is 3.06. The van der Waals surface area contributed by atoms with Crippen LogP contribution in [0.4, 0.5) is 0 Å². The summed E-state index contributed by atoms with van der Waals surface area (Å²) in [6, 6.07) is 9.76. The summed E-state index contributed by atoms with van der Waals surface area (Å²) < 4.78 is 7.50. The van der Waals surface area contributed by atoms with E-state index in [0.29, 0.717) is 0 Å². The van der Waals surface area contributed by atoms with E-state index in [9.17, 15) is 0 Å². The predicted octanol–water partition coefficient (Wildman–Crippen LogP) is 2.20. The zero-order chi connectivity index (χ0) is 13.2. The minimum absolute atomic E-state index is 0.133. The smallest absolute Gasteiger partial charge is 0.134 e. The largest absolute Gasteiger partial charge is 0.464 e. The fraction of sp³-hybridized carbons (Fsp3) is 0.214. The van der Waals surface area contributed by atoms with Gasteiger partial charge in [-0.1, -0.05) is 18.2 Å². The van der Waals surface area contributed by atoms with Crippen LogP contribution >= 0.6 is 0 Å². The molecule has 0 saturated heterocycles. The quantitative estimate of drug-likeness (QED) is 0.554. The highest BCUT2D eigenvalue weighted by Crippen LogP contribution is 2.29. The SMILES string of the molecule is CCn1nccc1C(NN)c1coc2ccccc12. The average Bonchev–Trinajstić information content (AvgIpc) is 3.07. The van der Waals surface area contributed by atoms with Gasteiger partial charge < -0.3 is 4.42 Å². The molecule has 0 radical (unpaired) electrons. The Balaban J connectivity index is 2.12. The van der Waals surface area contributed by atoms with Crippen molar-refractivity contribution in [3.63, 3.8) is 0 Å². The molecule has 5 nitrogen and oxygen atoms in total. The van der Waals surface area contributed by atoms with Gasteiger partial charge in [-0.15, -0.1) is 0 Å². The molecular weight excluding hydrogens is 240 g/mol. The van der Waals surface area contributed by atoms with Crippen LogP contribution < -0.4 is 11.3 Å². The highest BCUT2D eigenvalue weighted by molar-refractivity contribution is 5.81. The molecule has 3 rings (SSSR count). The van der Waals surface area contributed by atoms with E-state index in [2.05, 4.69) is 17.4 Å². The van der Waals surface area contributed by atoms with E-state index < -0.39 is 0 Å². The third-order valence-electron chi connectivity index (χ3n) is 3.33. The van der Waals surface area contributed by atoms with Gasteiger partial charge in [0.05, 0.1) is 18.0 Å². The van der Waals surface area contributed by atoms with Crippen LogP contribution in [0.5, 0.6) is 0 Å². The lowest BCUT2D eigenvalue weighted by Gasteiger charge is -2.16. The highest BCUT2D eigenvalue weighted by atomic mass is 16.3. The molecule has 3 N–H and O–H groups in total. The van der Waals surface area contributed by atoms with Crippen molar-refractivity contribution in [2.24, 2.45) is 5.84 Å². The molecule has 0 saturated carbocycles. The van der Waals surface area contributed by atoms with Crippen LogP contribution in [0.2, 0.25) is 0 Å². The fourth-order valence-corrected chi connectivity index (χ4v) is 2.41. The van der Waals surface area contributed by atoms with Crippen LogP contribution in [-0.2, 0) is 6.54 Å². The number of hydrogen-bond acceptors (Lipinski definition) is 4. The number of para-hydroxylation sites is 1. The number of hydrogen-bond donors (Lipinski definition) is 2. The lowest BCUT2D eigenvalue weighted by molar-refractivity contribution is 0.534. The van der Waals surface area contributed by atoms with Gasteiger partial charge in [-0.05, 0) is 19.1 Å². The lowest BCUT2D eigenvalue weighted by atomic mass is 10.0. The minimum Gasteiger partial charge on any atom is -0.464 e. The second-order valence-electron chi connectivity index (χ2n) is 4.36. The van der Waals surface area contributed by atoms with Gasteiger partial charge in [0.2, 0.25) is 0 Å². The first-order valence-electron chi connectivity index (χ1n) is 6.29. The molecule has 1 aromatic carbocycles. The number of aromatic nitrogens is 2. The summed E-state index contributed by atoms with van der Waals surface area (Å²) in [5.41, 5.74) is 5.76. The van der Waals surface area contributed by atoms with Gasteiger partial charge in [0.1, 0.15) is 5.58 Å². The van der Waals surface area contributed by atoms with E-state index in [1.54, 1.807) is 12.5 Å². The summed E-state index contributed by atoms with van der Waals surface area (Å²) >= 11 is 0. The van der Waals surface area contributed by atoms with Gasteiger partial charge in [-0.3, -0.25) is 10.5 Å². The van der Waals surface area contributed by atoms with Crippen LogP contribution in [0.1, 0.15) is 24.2 Å². The molecule has 5 heteroatoms. The predicted molar refractivity (Wildman–Crippen MR) is 73.3 cm³/mol. The first kappa shape index (κ1) is 12.0. The van der Waals surface area contributed by atoms with Crippen LogP contribution in [0.25, 0.3) is 11.0 Å². The summed E-state index contributed by atoms with van der Waals surface area (Å²) in [4.78, 5) is 0. The Morgan fingerprint density at radius 2 is 2.21 bits per heavy atom. The topological polar surface area (TPSA) is 69.0 Å². The average molecular weight is 256 g/mol. The molecule has 0 spiro atoms. The molecule has 0 aliphatic heterocycles. The number of fused-ring (bicyclic) bond motifs is 1. The van der Waals surface area contributed by atoms with Crippen molar-refractivity contribution in [2.45, 2.75) is 19.5 Å². The molecule has 3 aromatic rings. The normalized spacial score (nSPS) is 12.9. The number of furan rings is 1. The van der Waals surface area contributed by atoms with E-state index in [0.717, 1.165) is 28.8 Å². The summed E-state index contributed by atoms with van der Waals surface area (Å²) in [5.74, 6) is 5.74. The molecule has 0 fully saturated rings. The van der Waals surface area contributed by atoms with Gasteiger partial charge >= 0.3 is 0 Å². The number of benzene rings is 1. The molecule has 1 atom stereocenters. The van der Waals surface area contributed by atoms with Crippen LogP contribution in [0.3, 0.4) is 0 Å². The van der Waals surface area contributed by atoms with E-state index in [1.165, 1.54) is 0 Å². The Bertz CT molecular complexity index is 685. The Labute approximate surface area is 111 Å². The van der Waals surface area contributed by atoms with Crippen LogP contribution in [0.15, 0.2) is 47.2 Å². The molecule has 0 aliphatic carbocycles. The number of aryl methyl sites for hydroxylation is 1. The van der Waals surface area contributed by atoms with Gasteiger partial charge in [0.15, 0.2) is 0 Å². The summed E-state index contributed by atoms with van der Waals surface area (Å²) in [7, 11) is 0. The summed E-state index contributed by atoms with van der Waals surface area (Å²) in [6.45, 7) is 2.86. The molecule has 2 heterocycles. The third kappa shape index (κ3) is 1.93. The first-order valence-corrected chi connectivity index (χ1v) is 6.29. The van der Waals surface area contributed by atoms with Crippen molar-refractivity contribution < 1.29 is 4.42 Å². The molecule has 1 unspecified atom stereocenters. The lowest BCUT2D eigenvalue weighted by Crippen LogP contribution is -2.30. The van der Waals surface area contributed by atoms with E-state index in [4.69, 9.17) is 10.3 Å². The molecule has 0 bridgehead atoms. The second kappa shape index (κ2) is 4.87. The zero-order valence-corrected chi connectivity index (χ0v) is 10.7. The number of nitrogens with zero attached hydrogens (tertiary/aromatic N) is 2. The molecule has 0 amide bonds. The van der Waals surface area contributed by atoms with Crippen molar-refractivity contribution in [3.8, 4) is 0 Å². The Morgan fingerprint density at radius 1 is 1.37 bits per heavy atom. The van der Waals surface area contributed by atoms with Crippen molar-refractivity contribution in [2.75, 3.05) is 0 Å². The molecule has 0 aliphatic rings. The standard InChI is InChI=1S/C14H16N4O/c1-2-18-12(7-8-16-18)14(17-15)11-9-19-13-6-4-3-5-10(11)13/h3-9,14,17H,2,15H2,1H3. The van der Waals surface area contributed by atoms with Crippen molar-refractivity contribution in [3.05, 3.63) is 54.0 Å².